The van der Waals surface area contributed by atoms with E-state index in [-0.39, 0.29) is 19.1 Å². The highest BCUT2D eigenvalue weighted by Crippen LogP contribution is 2.43. The van der Waals surface area contributed by atoms with Crippen LogP contribution in [-0.4, -0.2) is 73.4 Å². The van der Waals surface area contributed by atoms with Crippen molar-refractivity contribution in [2.75, 3.05) is 40.9 Å². The quantitative estimate of drug-likeness (QED) is 0.0269. The van der Waals surface area contributed by atoms with Gasteiger partial charge in [0.2, 0.25) is 5.91 Å². The summed E-state index contributed by atoms with van der Waals surface area (Å²) in [6.45, 7) is 4.75. The summed E-state index contributed by atoms with van der Waals surface area (Å²) in [7, 11) is 1.55. The van der Waals surface area contributed by atoms with Crippen molar-refractivity contribution in [1.29, 1.82) is 0 Å². The van der Waals surface area contributed by atoms with E-state index in [9.17, 15) is 19.4 Å². The number of amides is 1. The molecular formula is C38H76N2O6P+. The van der Waals surface area contributed by atoms with E-state index in [1.165, 1.54) is 103 Å². The van der Waals surface area contributed by atoms with Gasteiger partial charge in [-0.15, -0.1) is 0 Å². The molecule has 3 atom stereocenters. The van der Waals surface area contributed by atoms with Crippen molar-refractivity contribution in [1.82, 2.24) is 5.32 Å². The maximum Gasteiger partial charge on any atom is 0.472 e. The highest BCUT2D eigenvalue weighted by Gasteiger charge is 2.27. The van der Waals surface area contributed by atoms with Gasteiger partial charge < -0.3 is 19.8 Å². The van der Waals surface area contributed by atoms with Crippen LogP contribution < -0.4 is 5.32 Å². The van der Waals surface area contributed by atoms with Crippen LogP contribution in [0.5, 0.6) is 0 Å². The zero-order valence-electron chi connectivity index (χ0n) is 31.3. The molecular weight excluding hydrogens is 611 g/mol. The maximum absolute atomic E-state index is 12.8. The molecule has 0 aliphatic rings. The standard InChI is InChI=1S/C38H75N2O6P/c1-6-8-10-12-14-16-18-20-22-24-26-28-30-32-38(42)39-36(35-46-47(43,44)45-34-33-40(3,4)5)37(41)31-29-27-25-23-21-19-17-15-13-11-9-7-2/h21,23,29,31,36-37,41H,6-20,22,24-28,30,32-35H2,1-5H3,(H-,39,42,43,44)/p+1/b23-21+,31-29+/t36-,37+/m0/s1. The minimum Gasteiger partial charge on any atom is -0.387 e. The molecule has 9 heteroatoms. The molecule has 0 rings (SSSR count). The van der Waals surface area contributed by atoms with Crippen molar-refractivity contribution in [3.8, 4) is 0 Å². The second-order valence-corrected chi connectivity index (χ2v) is 15.8. The zero-order chi connectivity index (χ0) is 35.1. The van der Waals surface area contributed by atoms with E-state index in [4.69, 9.17) is 9.05 Å². The highest BCUT2D eigenvalue weighted by molar-refractivity contribution is 7.47. The number of carbonyl (C=O) groups is 1. The van der Waals surface area contributed by atoms with E-state index < -0.39 is 20.0 Å². The number of nitrogens with one attached hydrogen (secondary N) is 1. The molecule has 0 bridgehead atoms. The van der Waals surface area contributed by atoms with Crippen LogP contribution in [-0.2, 0) is 18.4 Å². The van der Waals surface area contributed by atoms with Crippen LogP contribution in [0, 0.1) is 0 Å². The van der Waals surface area contributed by atoms with Crippen molar-refractivity contribution in [3.05, 3.63) is 24.3 Å². The fourth-order valence-electron chi connectivity index (χ4n) is 5.29. The second-order valence-electron chi connectivity index (χ2n) is 14.3. The molecule has 1 unspecified atom stereocenters. The largest absolute Gasteiger partial charge is 0.472 e. The lowest BCUT2D eigenvalue weighted by atomic mass is 10.0. The van der Waals surface area contributed by atoms with Gasteiger partial charge in [-0.05, 0) is 32.1 Å². The van der Waals surface area contributed by atoms with Gasteiger partial charge in [0, 0.05) is 6.42 Å². The molecule has 8 nitrogen and oxygen atoms in total. The third-order valence-electron chi connectivity index (χ3n) is 8.42. The monoisotopic (exact) mass is 688 g/mol. The molecule has 3 N–H and O–H groups in total. The Hall–Kier alpha value is -1.02. The number of carbonyl (C=O) groups excluding carboxylic acids is 1. The van der Waals surface area contributed by atoms with Crippen molar-refractivity contribution in [3.63, 3.8) is 0 Å². The highest BCUT2D eigenvalue weighted by atomic mass is 31.2. The molecule has 0 aliphatic carbocycles. The SMILES string of the molecule is CCCCCCCC/C=C/CC/C=C/[C@@H](O)[C@H](COP(=O)(O)OCC[N+](C)(C)C)NC(=O)CCCCCCCCCCCCCCC. The molecule has 0 heterocycles. The molecule has 47 heavy (non-hydrogen) atoms. The average molecular weight is 688 g/mol. The van der Waals surface area contributed by atoms with E-state index >= 15 is 0 Å². The predicted molar refractivity (Wildman–Crippen MR) is 198 cm³/mol. The fraction of sp³-hybridized carbons (Fsp3) is 0.868. The van der Waals surface area contributed by atoms with Crippen LogP contribution in [0.1, 0.15) is 162 Å². The lowest BCUT2D eigenvalue weighted by molar-refractivity contribution is -0.870. The Morgan fingerprint density at radius 2 is 1.17 bits per heavy atom. The summed E-state index contributed by atoms with van der Waals surface area (Å²) in [5, 5.41) is 13.7. The first-order valence-corrected chi connectivity index (χ1v) is 20.7. The molecule has 0 saturated heterocycles. The summed E-state index contributed by atoms with van der Waals surface area (Å²) in [6.07, 6.45) is 33.8. The predicted octanol–water partition coefficient (Wildman–Crippen LogP) is 9.80. The number of likely N-dealkylation sites (N-methyl/N-ethyl adjacent to an activating group) is 1. The summed E-state index contributed by atoms with van der Waals surface area (Å²) in [5.41, 5.74) is 0. The molecule has 0 aromatic heterocycles. The molecule has 0 spiro atoms. The number of hydrogen-bond donors (Lipinski definition) is 3. The van der Waals surface area contributed by atoms with Gasteiger partial charge in [0.25, 0.3) is 0 Å². The Morgan fingerprint density at radius 3 is 1.70 bits per heavy atom. The number of unbranched alkanes of at least 4 members (excludes halogenated alkanes) is 19. The van der Waals surface area contributed by atoms with Gasteiger partial charge in [0.05, 0.1) is 39.9 Å². The van der Waals surface area contributed by atoms with Crippen molar-refractivity contribution in [2.45, 2.75) is 174 Å². The third-order valence-corrected chi connectivity index (χ3v) is 9.41. The topological polar surface area (TPSA) is 105 Å². The van der Waals surface area contributed by atoms with Gasteiger partial charge >= 0.3 is 7.82 Å². The van der Waals surface area contributed by atoms with Crippen LogP contribution >= 0.6 is 7.82 Å². The molecule has 1 amide bonds. The van der Waals surface area contributed by atoms with Crippen LogP contribution in [0.4, 0.5) is 0 Å². The van der Waals surface area contributed by atoms with Gasteiger partial charge in [0.1, 0.15) is 13.2 Å². The van der Waals surface area contributed by atoms with Crippen molar-refractivity contribution >= 4 is 13.7 Å². The summed E-state index contributed by atoms with van der Waals surface area (Å²) in [6, 6.07) is -0.855. The van der Waals surface area contributed by atoms with Crippen LogP contribution in [0.25, 0.3) is 0 Å². The number of quaternary nitrogens is 1. The average Bonchev–Trinajstić information content (AvgIpc) is 3.01. The second kappa shape index (κ2) is 31.0. The number of aliphatic hydroxyl groups excluding tert-OH is 1. The van der Waals surface area contributed by atoms with Gasteiger partial charge in [0.15, 0.2) is 0 Å². The van der Waals surface area contributed by atoms with E-state index in [0.29, 0.717) is 17.4 Å². The summed E-state index contributed by atoms with van der Waals surface area (Å²) in [4.78, 5) is 22.9. The van der Waals surface area contributed by atoms with Crippen LogP contribution in [0.3, 0.4) is 0 Å². The normalized spacial score (nSPS) is 15.0. The Morgan fingerprint density at radius 1 is 0.702 bits per heavy atom. The number of rotatable bonds is 34. The first-order valence-electron chi connectivity index (χ1n) is 19.2. The molecule has 0 aliphatic heterocycles. The molecule has 0 radical (unpaired) electrons. The Bertz CT molecular complexity index is 829. The molecule has 0 aromatic rings. The first kappa shape index (κ1) is 46.0. The minimum atomic E-state index is -4.33. The number of aliphatic hydroxyl groups is 1. The zero-order valence-corrected chi connectivity index (χ0v) is 32.2. The van der Waals surface area contributed by atoms with Crippen molar-refractivity contribution in [2.24, 2.45) is 0 Å². The smallest absolute Gasteiger partial charge is 0.387 e. The van der Waals surface area contributed by atoms with Gasteiger partial charge in [-0.3, -0.25) is 13.8 Å². The van der Waals surface area contributed by atoms with E-state index in [1.54, 1.807) is 6.08 Å². The van der Waals surface area contributed by atoms with E-state index in [2.05, 4.69) is 31.3 Å². The number of phosphoric acid groups is 1. The number of nitrogens with zero attached hydrogens (tertiary/aromatic N) is 1. The molecule has 0 aromatic carbocycles. The van der Waals surface area contributed by atoms with Crippen LogP contribution in [0.15, 0.2) is 24.3 Å². The van der Waals surface area contributed by atoms with Gasteiger partial charge in [-0.25, -0.2) is 4.57 Å². The van der Waals surface area contributed by atoms with Gasteiger partial charge in [-0.1, -0.05) is 147 Å². The Balaban J connectivity index is 4.58. The fourth-order valence-corrected chi connectivity index (χ4v) is 6.03. The summed E-state index contributed by atoms with van der Waals surface area (Å²) in [5.74, 6) is -0.189. The third kappa shape index (κ3) is 33.3. The molecule has 278 valence electrons. The van der Waals surface area contributed by atoms with Gasteiger partial charge in [-0.2, -0.15) is 0 Å². The number of phosphoric ester groups is 1. The Kier molecular flexibility index (Phi) is 30.3. The first-order chi connectivity index (χ1) is 22.5. The van der Waals surface area contributed by atoms with Crippen molar-refractivity contribution < 1.29 is 32.9 Å². The number of hydrogen-bond acceptors (Lipinski definition) is 5. The van der Waals surface area contributed by atoms with E-state index in [1.807, 2.05) is 27.2 Å². The maximum atomic E-state index is 12.8. The van der Waals surface area contributed by atoms with E-state index in [0.717, 1.165) is 38.5 Å². The minimum absolute atomic E-state index is 0.0577. The molecule has 0 saturated carbocycles. The lowest BCUT2D eigenvalue weighted by Crippen LogP contribution is -2.45. The lowest BCUT2D eigenvalue weighted by Gasteiger charge is -2.25. The molecule has 0 fully saturated rings. The van der Waals surface area contributed by atoms with Crippen LogP contribution in [0.2, 0.25) is 0 Å². The Labute approximate surface area is 290 Å². The number of allylic oxidation sites excluding steroid dienone is 3. The summed E-state index contributed by atoms with van der Waals surface area (Å²) < 4.78 is 23.4. The summed E-state index contributed by atoms with van der Waals surface area (Å²) >= 11 is 0.